The average molecular weight is 246 g/mol. The van der Waals surface area contributed by atoms with Gasteiger partial charge >= 0.3 is 6.18 Å². The average Bonchev–Trinajstić information content (AvgIpc) is 2.19. The van der Waals surface area contributed by atoms with Crippen LogP contribution in [-0.2, 0) is 11.2 Å². The molecule has 0 saturated heterocycles. The zero-order valence-electron chi connectivity index (χ0n) is 9.60. The molecule has 0 N–H and O–H groups in total. The van der Waals surface area contributed by atoms with E-state index in [1.807, 2.05) is 0 Å². The molecule has 2 nitrogen and oxygen atoms in total. The summed E-state index contributed by atoms with van der Waals surface area (Å²) in [5.74, 6) is 0.173. The Balaban J connectivity index is 2.87. The number of ether oxygens (including phenoxy) is 1. The van der Waals surface area contributed by atoms with Crippen molar-refractivity contribution in [1.82, 2.24) is 0 Å². The van der Waals surface area contributed by atoms with Gasteiger partial charge in [-0.2, -0.15) is 13.2 Å². The Hall–Kier alpha value is -1.52. The molecule has 0 heterocycles. The minimum absolute atomic E-state index is 0.173. The molecule has 0 bridgehead atoms. The number of hydrogen-bond acceptors (Lipinski definition) is 2. The van der Waals surface area contributed by atoms with E-state index < -0.39 is 12.8 Å². The van der Waals surface area contributed by atoms with Crippen LogP contribution in [0.4, 0.5) is 13.2 Å². The molecule has 94 valence electrons. The SMILES string of the molecule is Cc1cc(OCC(F)(F)F)cc(C)c1CC=O. The van der Waals surface area contributed by atoms with E-state index in [9.17, 15) is 18.0 Å². The summed E-state index contributed by atoms with van der Waals surface area (Å²) in [4.78, 5) is 10.4. The summed E-state index contributed by atoms with van der Waals surface area (Å²) < 4.78 is 40.6. The molecule has 0 radical (unpaired) electrons. The first-order valence-electron chi connectivity index (χ1n) is 5.07. The fraction of sp³-hybridized carbons (Fsp3) is 0.417. The second-order valence-corrected chi connectivity index (χ2v) is 3.81. The van der Waals surface area contributed by atoms with E-state index in [2.05, 4.69) is 4.74 Å². The van der Waals surface area contributed by atoms with E-state index in [1.54, 1.807) is 13.8 Å². The molecule has 0 spiro atoms. The second-order valence-electron chi connectivity index (χ2n) is 3.81. The van der Waals surface area contributed by atoms with Gasteiger partial charge in [-0.3, -0.25) is 0 Å². The van der Waals surface area contributed by atoms with Crippen molar-refractivity contribution in [3.63, 3.8) is 0 Å². The lowest BCUT2D eigenvalue weighted by atomic mass is 10.0. The van der Waals surface area contributed by atoms with Gasteiger partial charge in [-0.1, -0.05) is 0 Å². The molecule has 1 aromatic rings. The molecule has 0 fully saturated rings. The first-order chi connectivity index (χ1) is 7.83. The van der Waals surface area contributed by atoms with Gasteiger partial charge in [0.2, 0.25) is 0 Å². The van der Waals surface area contributed by atoms with Crippen molar-refractivity contribution >= 4 is 6.29 Å². The smallest absolute Gasteiger partial charge is 0.422 e. The van der Waals surface area contributed by atoms with Gasteiger partial charge in [-0.25, -0.2) is 0 Å². The third-order valence-electron chi connectivity index (χ3n) is 2.36. The first kappa shape index (κ1) is 13.5. The number of aldehydes is 1. The Morgan fingerprint density at radius 2 is 1.76 bits per heavy atom. The maximum Gasteiger partial charge on any atom is 0.422 e. The van der Waals surface area contributed by atoms with Gasteiger partial charge in [0.25, 0.3) is 0 Å². The van der Waals surface area contributed by atoms with Crippen LogP contribution in [0.2, 0.25) is 0 Å². The zero-order chi connectivity index (χ0) is 13.1. The predicted octanol–water partition coefficient (Wildman–Crippen LogP) is 2.99. The van der Waals surface area contributed by atoms with Crippen LogP contribution >= 0.6 is 0 Å². The van der Waals surface area contributed by atoms with Gasteiger partial charge in [-0.15, -0.1) is 0 Å². The van der Waals surface area contributed by atoms with Crippen LogP contribution in [-0.4, -0.2) is 19.1 Å². The predicted molar refractivity (Wildman–Crippen MR) is 57.2 cm³/mol. The largest absolute Gasteiger partial charge is 0.484 e. The van der Waals surface area contributed by atoms with E-state index in [0.717, 1.165) is 23.0 Å². The molecule has 1 rings (SSSR count). The lowest BCUT2D eigenvalue weighted by molar-refractivity contribution is -0.153. The molecule has 0 aliphatic carbocycles. The molecule has 0 aliphatic heterocycles. The summed E-state index contributed by atoms with van der Waals surface area (Å²) in [7, 11) is 0. The molecular weight excluding hydrogens is 233 g/mol. The summed E-state index contributed by atoms with van der Waals surface area (Å²) >= 11 is 0. The topological polar surface area (TPSA) is 26.3 Å². The van der Waals surface area contributed by atoms with Crippen molar-refractivity contribution < 1.29 is 22.7 Å². The number of alkyl halides is 3. The van der Waals surface area contributed by atoms with Crippen LogP contribution in [0.1, 0.15) is 16.7 Å². The summed E-state index contributed by atoms with van der Waals surface area (Å²) in [6, 6.07) is 3.02. The van der Waals surface area contributed by atoms with E-state index >= 15 is 0 Å². The lowest BCUT2D eigenvalue weighted by Gasteiger charge is -2.13. The number of carbonyl (C=O) groups excluding carboxylic acids is 1. The molecule has 0 unspecified atom stereocenters. The maximum absolute atomic E-state index is 12.0. The minimum atomic E-state index is -4.34. The van der Waals surface area contributed by atoms with Gasteiger partial charge in [0.05, 0.1) is 0 Å². The van der Waals surface area contributed by atoms with Gasteiger partial charge in [-0.05, 0) is 42.7 Å². The Morgan fingerprint density at radius 1 is 1.24 bits per heavy atom. The standard InChI is InChI=1S/C12H13F3O2/c1-8-5-10(17-7-12(13,14)15)6-9(2)11(8)3-4-16/h4-6H,3,7H2,1-2H3. The van der Waals surface area contributed by atoms with Gasteiger partial charge < -0.3 is 9.53 Å². The number of benzene rings is 1. The lowest BCUT2D eigenvalue weighted by Crippen LogP contribution is -2.19. The highest BCUT2D eigenvalue weighted by molar-refractivity contribution is 5.58. The third-order valence-corrected chi connectivity index (χ3v) is 2.36. The van der Waals surface area contributed by atoms with Crippen LogP contribution < -0.4 is 4.74 Å². The minimum Gasteiger partial charge on any atom is -0.484 e. The number of hydrogen-bond donors (Lipinski definition) is 0. The Morgan fingerprint density at radius 3 is 2.18 bits per heavy atom. The molecule has 0 aliphatic rings. The van der Waals surface area contributed by atoms with Crippen molar-refractivity contribution in [1.29, 1.82) is 0 Å². The first-order valence-corrected chi connectivity index (χ1v) is 5.07. The Labute approximate surface area is 97.4 Å². The number of rotatable bonds is 4. The number of aryl methyl sites for hydroxylation is 2. The van der Waals surface area contributed by atoms with Gasteiger partial charge in [0.15, 0.2) is 6.61 Å². The third kappa shape index (κ3) is 4.09. The fourth-order valence-corrected chi connectivity index (χ4v) is 1.61. The molecule has 0 amide bonds. The summed E-state index contributed by atoms with van der Waals surface area (Å²) in [6.07, 6.45) is -3.31. The van der Waals surface area contributed by atoms with Gasteiger partial charge in [0.1, 0.15) is 12.0 Å². The van der Waals surface area contributed by atoms with E-state index in [-0.39, 0.29) is 12.2 Å². The molecule has 0 atom stereocenters. The molecule has 0 aromatic heterocycles. The van der Waals surface area contributed by atoms with Crippen LogP contribution in [0.5, 0.6) is 5.75 Å². The van der Waals surface area contributed by atoms with Crippen molar-refractivity contribution in [3.8, 4) is 5.75 Å². The van der Waals surface area contributed by atoms with Crippen molar-refractivity contribution in [2.45, 2.75) is 26.4 Å². The fourth-order valence-electron chi connectivity index (χ4n) is 1.61. The highest BCUT2D eigenvalue weighted by atomic mass is 19.4. The zero-order valence-corrected chi connectivity index (χ0v) is 9.60. The van der Waals surface area contributed by atoms with Crippen LogP contribution in [0.3, 0.4) is 0 Å². The monoisotopic (exact) mass is 246 g/mol. The molecule has 0 saturated carbocycles. The van der Waals surface area contributed by atoms with E-state index in [0.29, 0.717) is 0 Å². The molecular formula is C12H13F3O2. The molecule has 1 aromatic carbocycles. The van der Waals surface area contributed by atoms with Crippen molar-refractivity contribution in [3.05, 3.63) is 28.8 Å². The highest BCUT2D eigenvalue weighted by Crippen LogP contribution is 2.24. The van der Waals surface area contributed by atoms with Gasteiger partial charge in [0, 0.05) is 6.42 Å². The highest BCUT2D eigenvalue weighted by Gasteiger charge is 2.28. The van der Waals surface area contributed by atoms with Crippen molar-refractivity contribution in [2.24, 2.45) is 0 Å². The Bertz CT molecular complexity index is 388. The summed E-state index contributed by atoms with van der Waals surface area (Å²) in [6.45, 7) is 2.18. The second kappa shape index (κ2) is 5.21. The summed E-state index contributed by atoms with van der Waals surface area (Å²) in [5.41, 5.74) is 2.35. The van der Waals surface area contributed by atoms with Crippen LogP contribution in [0.25, 0.3) is 0 Å². The summed E-state index contributed by atoms with van der Waals surface area (Å²) in [5, 5.41) is 0. The van der Waals surface area contributed by atoms with E-state index in [4.69, 9.17) is 0 Å². The molecule has 17 heavy (non-hydrogen) atoms. The molecule has 5 heteroatoms. The number of carbonyl (C=O) groups is 1. The maximum atomic E-state index is 12.0. The van der Waals surface area contributed by atoms with Crippen molar-refractivity contribution in [2.75, 3.05) is 6.61 Å². The Kier molecular flexibility index (Phi) is 4.15. The quantitative estimate of drug-likeness (QED) is 0.763. The number of halogens is 3. The normalized spacial score (nSPS) is 11.4. The van der Waals surface area contributed by atoms with Crippen LogP contribution in [0.15, 0.2) is 12.1 Å². The van der Waals surface area contributed by atoms with E-state index in [1.165, 1.54) is 12.1 Å². The van der Waals surface area contributed by atoms with Crippen LogP contribution in [0, 0.1) is 13.8 Å².